The van der Waals surface area contributed by atoms with Crippen molar-refractivity contribution < 1.29 is 22.8 Å². The summed E-state index contributed by atoms with van der Waals surface area (Å²) in [6.45, 7) is 1.59. The number of alkyl halides is 3. The summed E-state index contributed by atoms with van der Waals surface area (Å²) in [4.78, 5) is 10.7. The van der Waals surface area contributed by atoms with Crippen LogP contribution in [0.2, 0.25) is 0 Å². The number of halogens is 3. The Bertz CT molecular complexity index is 833. The Balaban J connectivity index is 1.81. The topological polar surface area (TPSA) is 64.4 Å². The summed E-state index contributed by atoms with van der Waals surface area (Å²) < 4.78 is 44.9. The standard InChI is InChI=1S/C20H21F3N2O3/c21-20(22,23)17-6-3-5-16(12-17)19(8-10-28-11-9-19)14-24-13-15-4-1-2-7-18(15)25(26)27/h1-7,12,24H,8-11,13-14H2. The van der Waals surface area contributed by atoms with Gasteiger partial charge in [0.25, 0.3) is 5.69 Å². The van der Waals surface area contributed by atoms with Crippen molar-refractivity contribution in [3.8, 4) is 0 Å². The molecule has 3 rings (SSSR count). The van der Waals surface area contributed by atoms with Gasteiger partial charge in [-0.1, -0.05) is 36.4 Å². The zero-order valence-corrected chi connectivity index (χ0v) is 15.2. The molecule has 1 fully saturated rings. The molecule has 8 heteroatoms. The highest BCUT2D eigenvalue weighted by Crippen LogP contribution is 2.38. The molecule has 0 aliphatic carbocycles. The van der Waals surface area contributed by atoms with Gasteiger partial charge in [0.15, 0.2) is 0 Å². The fourth-order valence-electron chi connectivity index (χ4n) is 3.63. The Morgan fingerprint density at radius 2 is 1.82 bits per heavy atom. The number of rotatable bonds is 6. The third-order valence-electron chi connectivity index (χ3n) is 5.22. The van der Waals surface area contributed by atoms with Crippen LogP contribution in [0.5, 0.6) is 0 Å². The summed E-state index contributed by atoms with van der Waals surface area (Å²) in [5.74, 6) is 0. The Morgan fingerprint density at radius 3 is 2.50 bits per heavy atom. The summed E-state index contributed by atoms with van der Waals surface area (Å²) in [5, 5.41) is 14.4. The van der Waals surface area contributed by atoms with Crippen LogP contribution in [0.25, 0.3) is 0 Å². The molecule has 1 heterocycles. The molecule has 1 aliphatic rings. The summed E-state index contributed by atoms with van der Waals surface area (Å²) in [6.07, 6.45) is -3.24. The van der Waals surface area contributed by atoms with E-state index in [9.17, 15) is 23.3 Å². The highest BCUT2D eigenvalue weighted by molar-refractivity contribution is 5.39. The van der Waals surface area contributed by atoms with E-state index in [1.165, 1.54) is 18.2 Å². The second-order valence-electron chi connectivity index (χ2n) is 6.96. The molecule has 0 spiro atoms. The summed E-state index contributed by atoms with van der Waals surface area (Å²) in [7, 11) is 0. The molecule has 1 aliphatic heterocycles. The van der Waals surface area contributed by atoms with Crippen molar-refractivity contribution in [2.24, 2.45) is 0 Å². The maximum atomic E-state index is 13.1. The molecule has 0 unspecified atom stereocenters. The molecule has 5 nitrogen and oxygen atoms in total. The van der Waals surface area contributed by atoms with Crippen LogP contribution >= 0.6 is 0 Å². The zero-order chi connectivity index (χ0) is 20.2. The molecule has 0 bridgehead atoms. The van der Waals surface area contributed by atoms with Crippen molar-refractivity contribution in [3.05, 3.63) is 75.3 Å². The van der Waals surface area contributed by atoms with E-state index >= 15 is 0 Å². The number of nitrogens with one attached hydrogen (secondary N) is 1. The lowest BCUT2D eigenvalue weighted by Gasteiger charge is -2.38. The van der Waals surface area contributed by atoms with E-state index in [1.807, 2.05) is 0 Å². The lowest BCUT2D eigenvalue weighted by atomic mass is 9.73. The van der Waals surface area contributed by atoms with E-state index in [2.05, 4.69) is 5.32 Å². The van der Waals surface area contributed by atoms with Crippen molar-refractivity contribution >= 4 is 5.69 Å². The molecule has 0 atom stereocenters. The first-order valence-electron chi connectivity index (χ1n) is 9.00. The molecular weight excluding hydrogens is 373 g/mol. The van der Waals surface area contributed by atoms with Crippen molar-refractivity contribution in [3.63, 3.8) is 0 Å². The molecule has 1 saturated heterocycles. The van der Waals surface area contributed by atoms with Crippen molar-refractivity contribution in [1.82, 2.24) is 5.32 Å². The molecule has 0 aromatic heterocycles. The normalized spacial score (nSPS) is 16.7. The van der Waals surface area contributed by atoms with Crippen LogP contribution in [-0.4, -0.2) is 24.7 Å². The van der Waals surface area contributed by atoms with E-state index in [-0.39, 0.29) is 12.2 Å². The second-order valence-corrected chi connectivity index (χ2v) is 6.96. The van der Waals surface area contributed by atoms with Gasteiger partial charge in [-0.15, -0.1) is 0 Å². The van der Waals surface area contributed by atoms with Crippen molar-refractivity contribution in [1.29, 1.82) is 0 Å². The van der Waals surface area contributed by atoms with E-state index in [4.69, 9.17) is 4.74 Å². The zero-order valence-electron chi connectivity index (χ0n) is 15.2. The van der Waals surface area contributed by atoms with Crippen LogP contribution in [0.1, 0.15) is 29.5 Å². The number of benzene rings is 2. The van der Waals surface area contributed by atoms with Crippen molar-refractivity contribution in [2.75, 3.05) is 19.8 Å². The highest BCUT2D eigenvalue weighted by Gasteiger charge is 2.37. The Morgan fingerprint density at radius 1 is 1.11 bits per heavy atom. The van der Waals surface area contributed by atoms with E-state index in [0.29, 0.717) is 43.7 Å². The number of hydrogen-bond acceptors (Lipinski definition) is 4. The van der Waals surface area contributed by atoms with Gasteiger partial charge < -0.3 is 10.1 Å². The first-order valence-corrected chi connectivity index (χ1v) is 9.00. The predicted octanol–water partition coefficient (Wildman–Crippen LogP) is 4.45. The van der Waals surface area contributed by atoms with Gasteiger partial charge in [-0.05, 0) is 24.5 Å². The van der Waals surface area contributed by atoms with Gasteiger partial charge in [0, 0.05) is 43.3 Å². The molecule has 0 amide bonds. The molecule has 0 saturated carbocycles. The first kappa shape index (κ1) is 20.3. The Hall–Kier alpha value is -2.45. The van der Waals surface area contributed by atoms with Gasteiger partial charge in [-0.3, -0.25) is 10.1 Å². The third-order valence-corrected chi connectivity index (χ3v) is 5.22. The van der Waals surface area contributed by atoms with Crippen molar-refractivity contribution in [2.45, 2.75) is 31.0 Å². The molecule has 1 N–H and O–H groups in total. The van der Waals surface area contributed by atoms with Gasteiger partial charge in [0.2, 0.25) is 0 Å². The van der Waals surface area contributed by atoms with E-state index in [0.717, 1.165) is 6.07 Å². The largest absolute Gasteiger partial charge is 0.416 e. The Labute approximate surface area is 160 Å². The second kappa shape index (κ2) is 8.28. The maximum absolute atomic E-state index is 13.1. The number of para-hydroxylation sites is 1. The number of nitro groups is 1. The quantitative estimate of drug-likeness (QED) is 0.581. The maximum Gasteiger partial charge on any atom is 0.416 e. The Kier molecular flexibility index (Phi) is 6.00. The molecule has 2 aromatic rings. The lowest BCUT2D eigenvalue weighted by Crippen LogP contribution is -2.42. The number of hydrogen-bond donors (Lipinski definition) is 1. The molecule has 2 aromatic carbocycles. The van der Waals surface area contributed by atoms with Crippen LogP contribution < -0.4 is 5.32 Å². The monoisotopic (exact) mass is 394 g/mol. The number of ether oxygens (including phenoxy) is 1. The summed E-state index contributed by atoms with van der Waals surface area (Å²) in [5.41, 5.74) is -0.00705. The van der Waals surface area contributed by atoms with E-state index in [1.54, 1.807) is 24.3 Å². The minimum Gasteiger partial charge on any atom is -0.381 e. The smallest absolute Gasteiger partial charge is 0.381 e. The predicted molar refractivity (Wildman–Crippen MR) is 98.0 cm³/mol. The third kappa shape index (κ3) is 4.51. The van der Waals surface area contributed by atoms with Gasteiger partial charge in [0.1, 0.15) is 0 Å². The molecule has 28 heavy (non-hydrogen) atoms. The average Bonchev–Trinajstić information content (AvgIpc) is 2.68. The SMILES string of the molecule is O=[N+]([O-])c1ccccc1CNCC1(c2cccc(C(F)(F)F)c2)CCOCC1. The number of nitro benzene ring substituents is 1. The van der Waals surface area contributed by atoms with Crippen LogP contribution in [0, 0.1) is 10.1 Å². The highest BCUT2D eigenvalue weighted by atomic mass is 19.4. The van der Waals surface area contributed by atoms with Crippen LogP contribution in [0.3, 0.4) is 0 Å². The fourth-order valence-corrected chi connectivity index (χ4v) is 3.63. The average molecular weight is 394 g/mol. The van der Waals surface area contributed by atoms with Gasteiger partial charge in [-0.2, -0.15) is 13.2 Å². The first-order chi connectivity index (χ1) is 13.3. The fraction of sp³-hybridized carbons (Fsp3) is 0.400. The number of nitrogens with zero attached hydrogens (tertiary/aromatic N) is 1. The van der Waals surface area contributed by atoms with Gasteiger partial charge >= 0.3 is 6.18 Å². The summed E-state index contributed by atoms with van der Waals surface area (Å²) >= 11 is 0. The van der Waals surface area contributed by atoms with E-state index < -0.39 is 22.1 Å². The van der Waals surface area contributed by atoms with Crippen LogP contribution in [0.4, 0.5) is 18.9 Å². The molecule has 0 radical (unpaired) electrons. The minimum absolute atomic E-state index is 0.0232. The molecular formula is C20H21F3N2O3. The summed E-state index contributed by atoms with van der Waals surface area (Å²) in [6, 6.07) is 11.9. The van der Waals surface area contributed by atoms with Crippen LogP contribution in [0.15, 0.2) is 48.5 Å². The lowest BCUT2D eigenvalue weighted by molar-refractivity contribution is -0.385. The van der Waals surface area contributed by atoms with Gasteiger partial charge in [-0.25, -0.2) is 0 Å². The van der Waals surface area contributed by atoms with Gasteiger partial charge in [0.05, 0.1) is 10.5 Å². The minimum atomic E-state index is -4.40. The molecule has 150 valence electrons. The van der Waals surface area contributed by atoms with Crippen LogP contribution in [-0.2, 0) is 22.9 Å².